The van der Waals surface area contributed by atoms with Crippen molar-refractivity contribution in [3.63, 3.8) is 0 Å². The summed E-state index contributed by atoms with van der Waals surface area (Å²) in [5.74, 6) is -0.140. The SMILES string of the molecule is CC(O)c1ccc(CCCCC(=O)OCc2ccccc2)cc1. The summed E-state index contributed by atoms with van der Waals surface area (Å²) in [7, 11) is 0. The van der Waals surface area contributed by atoms with Crippen molar-refractivity contribution in [1.29, 1.82) is 0 Å². The quantitative estimate of drug-likeness (QED) is 0.587. The van der Waals surface area contributed by atoms with E-state index >= 15 is 0 Å². The fraction of sp³-hybridized carbons (Fsp3) is 0.350. The molecule has 2 rings (SSSR count). The fourth-order valence-electron chi connectivity index (χ4n) is 2.37. The summed E-state index contributed by atoms with van der Waals surface area (Å²) in [6.45, 7) is 2.11. The van der Waals surface area contributed by atoms with Gasteiger partial charge in [-0.15, -0.1) is 0 Å². The van der Waals surface area contributed by atoms with E-state index in [2.05, 4.69) is 0 Å². The highest BCUT2D eigenvalue weighted by Gasteiger charge is 2.04. The maximum absolute atomic E-state index is 11.7. The summed E-state index contributed by atoms with van der Waals surface area (Å²) in [5.41, 5.74) is 3.17. The number of rotatable bonds is 8. The smallest absolute Gasteiger partial charge is 0.306 e. The first kappa shape index (κ1) is 17.2. The Morgan fingerprint density at radius 2 is 1.70 bits per heavy atom. The normalized spacial score (nSPS) is 11.9. The number of aliphatic hydroxyl groups excluding tert-OH is 1. The van der Waals surface area contributed by atoms with Crippen molar-refractivity contribution < 1.29 is 14.6 Å². The molecule has 3 nitrogen and oxygen atoms in total. The number of carbonyl (C=O) groups is 1. The summed E-state index contributed by atoms with van der Waals surface area (Å²) in [4.78, 5) is 11.7. The molecule has 0 fully saturated rings. The van der Waals surface area contributed by atoms with Gasteiger partial charge >= 0.3 is 5.97 Å². The number of unbranched alkanes of at least 4 members (excludes halogenated alkanes) is 1. The van der Waals surface area contributed by atoms with Crippen LogP contribution in [0, 0.1) is 0 Å². The van der Waals surface area contributed by atoms with Gasteiger partial charge in [-0.25, -0.2) is 0 Å². The molecule has 0 amide bonds. The molecule has 1 N–H and O–H groups in total. The van der Waals surface area contributed by atoms with Gasteiger partial charge in [0.05, 0.1) is 6.10 Å². The number of carbonyl (C=O) groups excluding carboxylic acids is 1. The van der Waals surface area contributed by atoms with Crippen molar-refractivity contribution in [3.05, 3.63) is 71.3 Å². The van der Waals surface area contributed by atoms with Gasteiger partial charge in [0.1, 0.15) is 6.61 Å². The number of aryl methyl sites for hydroxylation is 1. The van der Waals surface area contributed by atoms with Crippen molar-refractivity contribution in [3.8, 4) is 0 Å². The Bertz CT molecular complexity index is 588. The van der Waals surface area contributed by atoms with Crippen LogP contribution in [0.5, 0.6) is 0 Å². The van der Waals surface area contributed by atoms with Gasteiger partial charge in [0.15, 0.2) is 0 Å². The Kier molecular flexibility index (Phi) is 6.82. The van der Waals surface area contributed by atoms with Crippen LogP contribution in [0.3, 0.4) is 0 Å². The van der Waals surface area contributed by atoms with Gasteiger partial charge in [0.25, 0.3) is 0 Å². The zero-order chi connectivity index (χ0) is 16.5. The van der Waals surface area contributed by atoms with Crippen molar-refractivity contribution in [1.82, 2.24) is 0 Å². The summed E-state index contributed by atoms with van der Waals surface area (Å²) in [6.07, 6.45) is 2.74. The Morgan fingerprint density at radius 3 is 2.35 bits per heavy atom. The van der Waals surface area contributed by atoms with Crippen LogP contribution in [0.2, 0.25) is 0 Å². The molecule has 0 aromatic heterocycles. The molecule has 0 bridgehead atoms. The van der Waals surface area contributed by atoms with Crippen molar-refractivity contribution in [2.45, 2.75) is 45.3 Å². The summed E-state index contributed by atoms with van der Waals surface area (Å²) in [5, 5.41) is 9.47. The monoisotopic (exact) mass is 312 g/mol. The molecule has 0 heterocycles. The number of hydrogen-bond acceptors (Lipinski definition) is 3. The van der Waals surface area contributed by atoms with E-state index in [1.165, 1.54) is 5.56 Å². The van der Waals surface area contributed by atoms with Crippen LogP contribution in [0.15, 0.2) is 54.6 Å². The Labute approximate surface area is 137 Å². The van der Waals surface area contributed by atoms with Gasteiger partial charge in [-0.3, -0.25) is 4.79 Å². The van der Waals surface area contributed by atoms with Crippen molar-refractivity contribution in [2.24, 2.45) is 0 Å². The molecule has 3 heteroatoms. The van der Waals surface area contributed by atoms with E-state index in [1.807, 2.05) is 54.6 Å². The van der Waals surface area contributed by atoms with Crippen LogP contribution >= 0.6 is 0 Å². The van der Waals surface area contributed by atoms with Crippen molar-refractivity contribution >= 4 is 5.97 Å². The van der Waals surface area contributed by atoms with Crippen LogP contribution in [0.25, 0.3) is 0 Å². The van der Waals surface area contributed by atoms with E-state index in [-0.39, 0.29) is 5.97 Å². The minimum atomic E-state index is -0.427. The van der Waals surface area contributed by atoms with Crippen LogP contribution in [0.4, 0.5) is 0 Å². The van der Waals surface area contributed by atoms with E-state index < -0.39 is 6.10 Å². The highest BCUT2D eigenvalue weighted by atomic mass is 16.5. The van der Waals surface area contributed by atoms with Gasteiger partial charge in [0.2, 0.25) is 0 Å². The molecule has 0 saturated carbocycles. The lowest BCUT2D eigenvalue weighted by molar-refractivity contribution is -0.145. The highest BCUT2D eigenvalue weighted by Crippen LogP contribution is 2.14. The van der Waals surface area contributed by atoms with Crippen LogP contribution in [-0.4, -0.2) is 11.1 Å². The lowest BCUT2D eigenvalue weighted by Crippen LogP contribution is -2.04. The molecule has 0 aliphatic rings. The second-order valence-electron chi connectivity index (χ2n) is 5.77. The van der Waals surface area contributed by atoms with E-state index in [1.54, 1.807) is 6.92 Å². The maximum Gasteiger partial charge on any atom is 0.306 e. The molecule has 0 saturated heterocycles. The van der Waals surface area contributed by atoms with Gasteiger partial charge in [-0.2, -0.15) is 0 Å². The molecular weight excluding hydrogens is 288 g/mol. The minimum absolute atomic E-state index is 0.140. The molecular formula is C20H24O3. The molecule has 23 heavy (non-hydrogen) atoms. The molecule has 1 atom stereocenters. The number of esters is 1. The molecule has 122 valence electrons. The third-order valence-electron chi connectivity index (χ3n) is 3.80. The first-order chi connectivity index (χ1) is 11.1. The highest BCUT2D eigenvalue weighted by molar-refractivity contribution is 5.69. The fourth-order valence-corrected chi connectivity index (χ4v) is 2.37. The standard InChI is InChI=1S/C20H24O3/c1-16(21)19-13-11-17(12-14-19)7-5-6-10-20(22)23-15-18-8-3-2-4-9-18/h2-4,8-9,11-14,16,21H,5-7,10,15H2,1H3. The zero-order valence-corrected chi connectivity index (χ0v) is 13.6. The average Bonchev–Trinajstić information content (AvgIpc) is 2.58. The molecule has 0 spiro atoms. The van der Waals surface area contributed by atoms with Gasteiger partial charge in [0, 0.05) is 6.42 Å². The minimum Gasteiger partial charge on any atom is -0.461 e. The van der Waals surface area contributed by atoms with Gasteiger partial charge in [-0.05, 0) is 42.9 Å². The molecule has 2 aromatic carbocycles. The lowest BCUT2D eigenvalue weighted by atomic mass is 10.0. The topological polar surface area (TPSA) is 46.5 Å². The predicted octanol–water partition coefficient (Wildman–Crippen LogP) is 4.20. The second kappa shape index (κ2) is 9.11. The Morgan fingerprint density at radius 1 is 1.00 bits per heavy atom. The number of ether oxygens (including phenoxy) is 1. The van der Waals surface area contributed by atoms with E-state index in [0.29, 0.717) is 13.0 Å². The van der Waals surface area contributed by atoms with Crippen molar-refractivity contribution in [2.75, 3.05) is 0 Å². The molecule has 0 aliphatic carbocycles. The van der Waals surface area contributed by atoms with E-state index in [0.717, 1.165) is 30.4 Å². The Hall–Kier alpha value is -2.13. The first-order valence-corrected chi connectivity index (χ1v) is 8.11. The van der Waals surface area contributed by atoms with Gasteiger partial charge < -0.3 is 9.84 Å². The van der Waals surface area contributed by atoms with Crippen LogP contribution < -0.4 is 0 Å². The molecule has 0 aliphatic heterocycles. The van der Waals surface area contributed by atoms with E-state index in [4.69, 9.17) is 4.74 Å². The number of hydrogen-bond donors (Lipinski definition) is 1. The average molecular weight is 312 g/mol. The van der Waals surface area contributed by atoms with E-state index in [9.17, 15) is 9.90 Å². The molecule has 2 aromatic rings. The third kappa shape index (κ3) is 6.25. The van der Waals surface area contributed by atoms with Gasteiger partial charge in [-0.1, -0.05) is 54.6 Å². The lowest BCUT2D eigenvalue weighted by Gasteiger charge is -2.07. The summed E-state index contributed by atoms with van der Waals surface area (Å²) in [6, 6.07) is 17.7. The molecule has 1 unspecified atom stereocenters. The molecule has 0 radical (unpaired) electrons. The second-order valence-corrected chi connectivity index (χ2v) is 5.77. The maximum atomic E-state index is 11.7. The number of aliphatic hydroxyl groups is 1. The predicted molar refractivity (Wildman–Crippen MR) is 90.9 cm³/mol. The van der Waals surface area contributed by atoms with Crippen LogP contribution in [-0.2, 0) is 22.6 Å². The summed E-state index contributed by atoms with van der Waals surface area (Å²) < 4.78 is 5.26. The number of benzene rings is 2. The summed E-state index contributed by atoms with van der Waals surface area (Å²) >= 11 is 0. The zero-order valence-electron chi connectivity index (χ0n) is 13.6. The third-order valence-corrected chi connectivity index (χ3v) is 3.80. The van der Waals surface area contributed by atoms with Crippen LogP contribution in [0.1, 0.15) is 49.0 Å². The largest absolute Gasteiger partial charge is 0.461 e. The first-order valence-electron chi connectivity index (χ1n) is 8.11. The Balaban J connectivity index is 1.62.